The molecule has 0 fully saturated rings. The average Bonchev–Trinajstić information content (AvgIpc) is 3.11. The molecule has 0 unspecified atom stereocenters. The van der Waals surface area contributed by atoms with Gasteiger partial charge in [-0.15, -0.1) is 34.2 Å². The van der Waals surface area contributed by atoms with Crippen LogP contribution in [0.25, 0.3) is 0 Å². The zero-order valence-corrected chi connectivity index (χ0v) is 18.0. The SMILES string of the molecule is CCc1nncn1CCNC(=NC)NCc1ccc(OC)c(OC)c1.I. The lowest BCUT2D eigenvalue weighted by atomic mass is 10.2. The van der Waals surface area contributed by atoms with Gasteiger partial charge in [0.15, 0.2) is 17.5 Å². The topological polar surface area (TPSA) is 85.6 Å². The number of rotatable bonds is 8. The molecule has 0 aliphatic carbocycles. The summed E-state index contributed by atoms with van der Waals surface area (Å²) in [6, 6.07) is 5.83. The maximum atomic E-state index is 5.32. The molecule has 0 bridgehead atoms. The van der Waals surface area contributed by atoms with Crippen LogP contribution in [0, 0.1) is 0 Å². The quantitative estimate of drug-likeness (QED) is 0.345. The summed E-state index contributed by atoms with van der Waals surface area (Å²) in [4.78, 5) is 4.24. The summed E-state index contributed by atoms with van der Waals surface area (Å²) in [6.45, 7) is 4.22. The van der Waals surface area contributed by atoms with E-state index in [1.54, 1.807) is 27.6 Å². The molecule has 9 heteroatoms. The van der Waals surface area contributed by atoms with Crippen molar-refractivity contribution in [1.82, 2.24) is 25.4 Å². The maximum absolute atomic E-state index is 5.32. The highest BCUT2D eigenvalue weighted by Gasteiger charge is 2.06. The summed E-state index contributed by atoms with van der Waals surface area (Å²) in [5.74, 6) is 3.15. The van der Waals surface area contributed by atoms with Crippen molar-refractivity contribution in [3.8, 4) is 11.5 Å². The second-order valence-electron chi connectivity index (χ2n) is 5.34. The predicted octanol–water partition coefficient (Wildman–Crippen LogP) is 1.84. The standard InChI is InChI=1S/C17H26N6O2.HI/c1-5-16-22-21-12-23(16)9-8-19-17(18-2)20-11-13-6-7-14(24-3)15(10-13)25-4;/h6-7,10,12H,5,8-9,11H2,1-4H3,(H2,18,19,20);1H. The number of aromatic nitrogens is 3. The smallest absolute Gasteiger partial charge is 0.191 e. The summed E-state index contributed by atoms with van der Waals surface area (Å²) in [7, 11) is 5.01. The first-order valence-corrected chi connectivity index (χ1v) is 8.23. The fraction of sp³-hybridized carbons (Fsp3) is 0.471. The number of nitrogens with zero attached hydrogens (tertiary/aromatic N) is 4. The van der Waals surface area contributed by atoms with E-state index in [0.717, 1.165) is 42.6 Å². The fourth-order valence-corrected chi connectivity index (χ4v) is 2.43. The van der Waals surface area contributed by atoms with E-state index in [0.29, 0.717) is 12.3 Å². The number of aliphatic imine (C=N–C) groups is 1. The number of hydrogen-bond acceptors (Lipinski definition) is 5. The first kappa shape index (κ1) is 22.0. The van der Waals surface area contributed by atoms with Crippen LogP contribution < -0.4 is 20.1 Å². The molecule has 0 aliphatic rings. The molecule has 2 N–H and O–H groups in total. The summed E-state index contributed by atoms with van der Waals surface area (Å²) in [5.41, 5.74) is 1.08. The Balaban J connectivity index is 0.00000338. The van der Waals surface area contributed by atoms with Crippen LogP contribution in [0.2, 0.25) is 0 Å². The van der Waals surface area contributed by atoms with Gasteiger partial charge in [0.25, 0.3) is 0 Å². The molecule has 0 atom stereocenters. The van der Waals surface area contributed by atoms with Gasteiger partial charge < -0.3 is 24.7 Å². The molecule has 0 radical (unpaired) electrons. The molecule has 0 spiro atoms. The third-order valence-electron chi connectivity index (χ3n) is 3.79. The average molecular weight is 474 g/mol. The second-order valence-corrected chi connectivity index (χ2v) is 5.34. The molecule has 1 aromatic heterocycles. The number of benzene rings is 1. The number of guanidine groups is 1. The summed E-state index contributed by atoms with van der Waals surface area (Å²) < 4.78 is 12.6. The Hall–Kier alpha value is -2.04. The maximum Gasteiger partial charge on any atom is 0.191 e. The Morgan fingerprint density at radius 3 is 2.62 bits per heavy atom. The lowest BCUT2D eigenvalue weighted by molar-refractivity contribution is 0.354. The molecule has 8 nitrogen and oxygen atoms in total. The number of halogens is 1. The normalized spacial score (nSPS) is 10.8. The summed E-state index contributed by atoms with van der Waals surface area (Å²) >= 11 is 0. The van der Waals surface area contributed by atoms with Gasteiger partial charge in [-0.05, 0) is 17.7 Å². The molecule has 1 heterocycles. The van der Waals surface area contributed by atoms with E-state index in [2.05, 4.69) is 32.7 Å². The monoisotopic (exact) mass is 474 g/mol. The van der Waals surface area contributed by atoms with Crippen LogP contribution in [-0.2, 0) is 19.5 Å². The van der Waals surface area contributed by atoms with E-state index >= 15 is 0 Å². The Labute approximate surface area is 171 Å². The van der Waals surface area contributed by atoms with Crippen molar-refractivity contribution >= 4 is 29.9 Å². The first-order valence-electron chi connectivity index (χ1n) is 8.23. The van der Waals surface area contributed by atoms with Crippen LogP contribution in [0.5, 0.6) is 11.5 Å². The van der Waals surface area contributed by atoms with Crippen LogP contribution >= 0.6 is 24.0 Å². The molecule has 0 aliphatic heterocycles. The highest BCUT2D eigenvalue weighted by molar-refractivity contribution is 14.0. The van der Waals surface area contributed by atoms with Crippen LogP contribution in [0.3, 0.4) is 0 Å². The molecule has 26 heavy (non-hydrogen) atoms. The number of nitrogens with one attached hydrogen (secondary N) is 2. The third-order valence-corrected chi connectivity index (χ3v) is 3.79. The van der Waals surface area contributed by atoms with Crippen LogP contribution in [0.1, 0.15) is 18.3 Å². The fourth-order valence-electron chi connectivity index (χ4n) is 2.43. The molecule has 2 rings (SSSR count). The van der Waals surface area contributed by atoms with E-state index in [-0.39, 0.29) is 24.0 Å². The molecule has 2 aromatic rings. The van der Waals surface area contributed by atoms with Crippen molar-refractivity contribution in [3.05, 3.63) is 35.9 Å². The molecule has 0 saturated carbocycles. The molecular weight excluding hydrogens is 447 g/mol. The van der Waals surface area contributed by atoms with Crippen molar-refractivity contribution in [1.29, 1.82) is 0 Å². The third kappa shape index (κ3) is 6.04. The van der Waals surface area contributed by atoms with Gasteiger partial charge in [-0.2, -0.15) is 0 Å². The number of methoxy groups -OCH3 is 2. The van der Waals surface area contributed by atoms with Crippen molar-refractivity contribution < 1.29 is 9.47 Å². The minimum atomic E-state index is 0. The first-order chi connectivity index (χ1) is 12.2. The van der Waals surface area contributed by atoms with E-state index in [4.69, 9.17) is 9.47 Å². The van der Waals surface area contributed by atoms with Gasteiger partial charge in [-0.1, -0.05) is 13.0 Å². The minimum absolute atomic E-state index is 0. The highest BCUT2D eigenvalue weighted by atomic mass is 127. The van der Waals surface area contributed by atoms with Crippen LogP contribution in [0.4, 0.5) is 0 Å². The Morgan fingerprint density at radius 1 is 1.19 bits per heavy atom. The Kier molecular flexibility index (Phi) is 9.78. The van der Waals surface area contributed by atoms with Crippen molar-refractivity contribution in [2.24, 2.45) is 4.99 Å². The zero-order valence-electron chi connectivity index (χ0n) is 15.7. The summed E-state index contributed by atoms with van der Waals surface area (Å²) in [6.07, 6.45) is 2.62. The number of hydrogen-bond donors (Lipinski definition) is 2. The van der Waals surface area contributed by atoms with Gasteiger partial charge in [0.2, 0.25) is 0 Å². The molecular formula is C17H27IN6O2. The second kappa shape index (κ2) is 11.6. The molecule has 0 amide bonds. The number of aryl methyl sites for hydroxylation is 1. The van der Waals surface area contributed by atoms with Crippen LogP contribution in [0.15, 0.2) is 29.5 Å². The molecule has 1 aromatic carbocycles. The lowest BCUT2D eigenvalue weighted by Crippen LogP contribution is -2.38. The largest absolute Gasteiger partial charge is 0.493 e. The van der Waals surface area contributed by atoms with E-state index in [9.17, 15) is 0 Å². The van der Waals surface area contributed by atoms with Crippen molar-refractivity contribution in [2.45, 2.75) is 26.4 Å². The van der Waals surface area contributed by atoms with Gasteiger partial charge in [-0.25, -0.2) is 0 Å². The van der Waals surface area contributed by atoms with E-state index in [1.165, 1.54) is 0 Å². The zero-order chi connectivity index (χ0) is 18.1. The lowest BCUT2D eigenvalue weighted by Gasteiger charge is -2.14. The van der Waals surface area contributed by atoms with Gasteiger partial charge in [0.1, 0.15) is 12.2 Å². The van der Waals surface area contributed by atoms with Gasteiger partial charge in [0, 0.05) is 33.1 Å². The van der Waals surface area contributed by atoms with Gasteiger partial charge >= 0.3 is 0 Å². The number of ether oxygens (including phenoxy) is 2. The molecule has 0 saturated heterocycles. The Morgan fingerprint density at radius 2 is 1.96 bits per heavy atom. The van der Waals surface area contributed by atoms with Crippen molar-refractivity contribution in [2.75, 3.05) is 27.8 Å². The van der Waals surface area contributed by atoms with Gasteiger partial charge in [-0.3, -0.25) is 4.99 Å². The van der Waals surface area contributed by atoms with Crippen molar-refractivity contribution in [3.63, 3.8) is 0 Å². The van der Waals surface area contributed by atoms with Gasteiger partial charge in [0.05, 0.1) is 14.2 Å². The highest BCUT2D eigenvalue weighted by Crippen LogP contribution is 2.27. The minimum Gasteiger partial charge on any atom is -0.493 e. The molecule has 144 valence electrons. The van der Waals surface area contributed by atoms with E-state index < -0.39 is 0 Å². The van der Waals surface area contributed by atoms with Crippen LogP contribution in [-0.4, -0.2) is 48.5 Å². The Bertz CT molecular complexity index is 704. The summed E-state index contributed by atoms with van der Waals surface area (Å²) in [5, 5.41) is 14.6. The van der Waals surface area contributed by atoms with E-state index in [1.807, 2.05) is 22.8 Å². The predicted molar refractivity (Wildman–Crippen MR) is 113 cm³/mol.